The van der Waals surface area contributed by atoms with E-state index in [1.165, 1.54) is 20.3 Å². The van der Waals surface area contributed by atoms with Crippen molar-refractivity contribution in [2.24, 2.45) is 0 Å². The van der Waals surface area contributed by atoms with Crippen LogP contribution in [0.2, 0.25) is 0 Å². The van der Waals surface area contributed by atoms with E-state index < -0.39 is 19.9 Å². The summed E-state index contributed by atoms with van der Waals surface area (Å²) in [7, 11) is -2.66. The van der Waals surface area contributed by atoms with Crippen LogP contribution in [0.1, 0.15) is 13.3 Å². The maximum absolute atomic E-state index is 12.6. The zero-order valence-corrected chi connectivity index (χ0v) is 8.94. The van der Waals surface area contributed by atoms with Crippen molar-refractivity contribution in [2.75, 3.05) is 26.5 Å². The SMILES string of the molecule is CCOC(F)(F)CCOP(C)(C)=O. The van der Waals surface area contributed by atoms with Crippen LogP contribution in [0, 0.1) is 0 Å². The average molecular weight is 216 g/mol. The molecule has 6 heteroatoms. The van der Waals surface area contributed by atoms with Crippen LogP contribution in [-0.4, -0.2) is 32.7 Å². The lowest BCUT2D eigenvalue weighted by Crippen LogP contribution is -2.22. The molecule has 0 aromatic rings. The highest BCUT2D eigenvalue weighted by atomic mass is 31.2. The van der Waals surface area contributed by atoms with E-state index in [4.69, 9.17) is 4.52 Å². The second kappa shape index (κ2) is 5.03. The molecule has 13 heavy (non-hydrogen) atoms. The summed E-state index contributed by atoms with van der Waals surface area (Å²) in [5, 5.41) is 0. The maximum Gasteiger partial charge on any atom is 0.357 e. The second-order valence-corrected chi connectivity index (χ2v) is 5.67. The fourth-order valence-corrected chi connectivity index (χ4v) is 1.20. The molecule has 80 valence electrons. The Morgan fingerprint density at radius 2 is 1.92 bits per heavy atom. The third kappa shape index (κ3) is 8.34. The van der Waals surface area contributed by atoms with Gasteiger partial charge in [-0.25, -0.2) is 0 Å². The molecule has 0 aliphatic carbocycles. The normalized spacial score (nSPS) is 13.3. The van der Waals surface area contributed by atoms with Crippen molar-refractivity contribution in [3.8, 4) is 0 Å². The minimum Gasteiger partial charge on any atom is -0.328 e. The summed E-state index contributed by atoms with van der Waals surface area (Å²) in [6.45, 7) is 3.94. The molecular formula is C7H15F2O3P. The molecule has 0 saturated carbocycles. The predicted octanol–water partition coefficient (Wildman–Crippen LogP) is 2.56. The van der Waals surface area contributed by atoms with Gasteiger partial charge in [-0.2, -0.15) is 8.78 Å². The largest absolute Gasteiger partial charge is 0.357 e. The van der Waals surface area contributed by atoms with Crippen molar-refractivity contribution in [1.29, 1.82) is 0 Å². The van der Waals surface area contributed by atoms with Crippen LogP contribution in [0.25, 0.3) is 0 Å². The van der Waals surface area contributed by atoms with Crippen molar-refractivity contribution < 1.29 is 22.6 Å². The van der Waals surface area contributed by atoms with Gasteiger partial charge < -0.3 is 9.26 Å². The highest BCUT2D eigenvalue weighted by molar-refractivity contribution is 7.57. The van der Waals surface area contributed by atoms with E-state index in [1.807, 2.05) is 0 Å². The molecule has 0 aromatic heterocycles. The molecule has 0 atom stereocenters. The van der Waals surface area contributed by atoms with E-state index in [0.717, 1.165) is 0 Å². The molecule has 3 nitrogen and oxygen atoms in total. The van der Waals surface area contributed by atoms with Crippen molar-refractivity contribution in [1.82, 2.24) is 0 Å². The summed E-state index contributed by atoms with van der Waals surface area (Å²) < 4.78 is 45.0. The van der Waals surface area contributed by atoms with Crippen LogP contribution in [0.4, 0.5) is 8.78 Å². The number of halogens is 2. The molecule has 0 heterocycles. The smallest absolute Gasteiger partial charge is 0.328 e. The van der Waals surface area contributed by atoms with Crippen molar-refractivity contribution >= 4 is 7.37 Å². The van der Waals surface area contributed by atoms with Gasteiger partial charge in [0.2, 0.25) is 0 Å². The van der Waals surface area contributed by atoms with E-state index in [2.05, 4.69) is 4.74 Å². The van der Waals surface area contributed by atoms with Gasteiger partial charge in [-0.1, -0.05) is 0 Å². The van der Waals surface area contributed by atoms with Gasteiger partial charge in [-0.15, -0.1) is 0 Å². The van der Waals surface area contributed by atoms with E-state index in [0.29, 0.717) is 0 Å². The molecule has 0 saturated heterocycles. The molecule has 0 rings (SSSR count). The quantitative estimate of drug-likeness (QED) is 0.640. The van der Waals surface area contributed by atoms with E-state index in [1.54, 1.807) is 0 Å². The Balaban J connectivity index is 3.69. The summed E-state index contributed by atoms with van der Waals surface area (Å²) in [5.74, 6) is 0. The Kier molecular flexibility index (Phi) is 5.04. The number of alkyl halides is 2. The standard InChI is InChI=1S/C7H15F2O3P/c1-4-11-7(8,9)5-6-12-13(2,3)10/h4-6H2,1-3H3. The molecule has 0 bridgehead atoms. The van der Waals surface area contributed by atoms with Crippen LogP contribution in [0.5, 0.6) is 0 Å². The number of ether oxygens (including phenoxy) is 1. The number of hydrogen-bond donors (Lipinski definition) is 0. The lowest BCUT2D eigenvalue weighted by molar-refractivity contribution is -0.241. The monoisotopic (exact) mass is 216 g/mol. The first-order valence-corrected chi connectivity index (χ1v) is 6.50. The Bertz CT molecular complexity index is 190. The van der Waals surface area contributed by atoms with Gasteiger partial charge in [0.05, 0.1) is 19.6 Å². The Morgan fingerprint density at radius 3 is 2.31 bits per heavy atom. The van der Waals surface area contributed by atoms with E-state index in [9.17, 15) is 13.3 Å². The predicted molar refractivity (Wildman–Crippen MR) is 46.6 cm³/mol. The molecule has 0 spiro atoms. The van der Waals surface area contributed by atoms with Crippen molar-refractivity contribution in [3.63, 3.8) is 0 Å². The van der Waals surface area contributed by atoms with Gasteiger partial charge in [0.15, 0.2) is 7.37 Å². The maximum atomic E-state index is 12.6. The zero-order valence-electron chi connectivity index (χ0n) is 8.05. The summed E-state index contributed by atoms with van der Waals surface area (Å²) in [6, 6.07) is 0. The van der Waals surface area contributed by atoms with Gasteiger partial charge in [0.25, 0.3) is 0 Å². The second-order valence-electron chi connectivity index (χ2n) is 2.91. The van der Waals surface area contributed by atoms with Gasteiger partial charge in [-0.05, 0) is 6.92 Å². The zero-order chi connectivity index (χ0) is 10.5. The molecule has 0 radical (unpaired) electrons. The molecule has 0 aliphatic rings. The molecule has 0 amide bonds. The van der Waals surface area contributed by atoms with Crippen molar-refractivity contribution in [2.45, 2.75) is 19.5 Å². The molecule has 0 unspecified atom stereocenters. The summed E-state index contributed by atoms with van der Waals surface area (Å²) in [5.41, 5.74) is 0. The third-order valence-corrected chi connectivity index (χ3v) is 1.96. The van der Waals surface area contributed by atoms with Crippen LogP contribution in [-0.2, 0) is 13.8 Å². The first-order valence-electron chi connectivity index (χ1n) is 3.98. The molecule has 0 aliphatic heterocycles. The topological polar surface area (TPSA) is 35.5 Å². The van der Waals surface area contributed by atoms with Crippen LogP contribution in [0.15, 0.2) is 0 Å². The first kappa shape index (κ1) is 13.0. The van der Waals surface area contributed by atoms with Crippen LogP contribution < -0.4 is 0 Å². The number of rotatable bonds is 6. The molecule has 0 aromatic carbocycles. The molecular weight excluding hydrogens is 201 g/mol. The van der Waals surface area contributed by atoms with Crippen LogP contribution in [0.3, 0.4) is 0 Å². The van der Waals surface area contributed by atoms with E-state index >= 15 is 0 Å². The summed E-state index contributed by atoms with van der Waals surface area (Å²) >= 11 is 0. The van der Waals surface area contributed by atoms with Gasteiger partial charge in [-0.3, -0.25) is 4.57 Å². The highest BCUT2D eigenvalue weighted by Gasteiger charge is 2.29. The van der Waals surface area contributed by atoms with Gasteiger partial charge in [0, 0.05) is 13.3 Å². The summed E-state index contributed by atoms with van der Waals surface area (Å²) in [4.78, 5) is 0. The first-order chi connectivity index (χ1) is 5.77. The van der Waals surface area contributed by atoms with Crippen molar-refractivity contribution in [3.05, 3.63) is 0 Å². The Labute approximate surface area is 76.9 Å². The van der Waals surface area contributed by atoms with Gasteiger partial charge >= 0.3 is 6.11 Å². The minimum atomic E-state index is -3.18. The summed E-state index contributed by atoms with van der Waals surface area (Å²) in [6.07, 6.45) is -3.74. The minimum absolute atomic E-state index is 0.0527. The average Bonchev–Trinajstić information content (AvgIpc) is 1.82. The van der Waals surface area contributed by atoms with Crippen LogP contribution >= 0.6 is 7.37 Å². The fourth-order valence-electron chi connectivity index (χ4n) is 0.668. The molecule has 0 fully saturated rings. The number of hydrogen-bond acceptors (Lipinski definition) is 3. The third-order valence-electron chi connectivity index (χ3n) is 1.15. The fraction of sp³-hybridized carbons (Fsp3) is 1.00. The Morgan fingerprint density at radius 1 is 1.38 bits per heavy atom. The highest BCUT2D eigenvalue weighted by Crippen LogP contribution is 2.38. The van der Waals surface area contributed by atoms with E-state index in [-0.39, 0.29) is 13.2 Å². The lowest BCUT2D eigenvalue weighted by atomic mass is 10.4. The lowest BCUT2D eigenvalue weighted by Gasteiger charge is -2.16. The van der Waals surface area contributed by atoms with Gasteiger partial charge in [0.1, 0.15) is 0 Å². The molecule has 0 N–H and O–H groups in total. The Hall–Kier alpha value is 0.01000.